The first-order valence-electron chi connectivity index (χ1n) is 9.78. The van der Waals surface area contributed by atoms with E-state index in [9.17, 15) is 0 Å². The van der Waals surface area contributed by atoms with E-state index < -0.39 is 0 Å². The first kappa shape index (κ1) is 20.2. The fraction of sp³-hybridized carbons (Fsp3) is 0.600. The Bertz CT molecular complexity index is 687. The van der Waals surface area contributed by atoms with Crippen molar-refractivity contribution in [3.05, 3.63) is 30.1 Å². The second kappa shape index (κ2) is 10.8. The number of benzene rings is 1. The van der Waals surface area contributed by atoms with E-state index in [-0.39, 0.29) is 0 Å². The van der Waals surface area contributed by atoms with Crippen LogP contribution in [0.25, 0.3) is 11.0 Å². The number of para-hydroxylation sites is 2. The lowest BCUT2D eigenvalue weighted by molar-refractivity contribution is 0.300. The maximum absolute atomic E-state index is 4.62. The van der Waals surface area contributed by atoms with Crippen molar-refractivity contribution in [2.24, 2.45) is 4.99 Å². The monoisotopic (exact) mass is 358 g/mol. The molecule has 0 aliphatic heterocycles. The molecule has 26 heavy (non-hydrogen) atoms. The number of aromatic nitrogens is 2. The van der Waals surface area contributed by atoms with Crippen molar-refractivity contribution in [3.63, 3.8) is 0 Å². The van der Waals surface area contributed by atoms with Crippen LogP contribution in [0.4, 0.5) is 0 Å². The van der Waals surface area contributed by atoms with Crippen LogP contribution in [0.15, 0.2) is 29.3 Å². The third kappa shape index (κ3) is 5.73. The molecule has 0 radical (unpaired) electrons. The number of aliphatic imine (C=N–C) groups is 1. The number of fused-ring (bicyclic) bond motifs is 1. The number of imidazole rings is 1. The van der Waals surface area contributed by atoms with Crippen LogP contribution in [0.1, 0.15) is 32.5 Å². The molecular formula is C20H34N6. The van der Waals surface area contributed by atoms with Crippen LogP contribution < -0.4 is 10.6 Å². The molecule has 0 spiro atoms. The van der Waals surface area contributed by atoms with Gasteiger partial charge in [-0.15, -0.1) is 0 Å². The maximum Gasteiger partial charge on any atom is 0.190 e. The largest absolute Gasteiger partial charge is 0.356 e. The quantitative estimate of drug-likeness (QED) is 0.389. The lowest BCUT2D eigenvalue weighted by Crippen LogP contribution is -2.39. The molecule has 0 aliphatic rings. The minimum atomic E-state index is 0.886. The van der Waals surface area contributed by atoms with E-state index in [1.807, 2.05) is 13.1 Å². The maximum atomic E-state index is 4.62. The van der Waals surface area contributed by atoms with Crippen molar-refractivity contribution in [3.8, 4) is 0 Å². The number of aryl methyl sites for hydroxylation is 2. The van der Waals surface area contributed by atoms with E-state index >= 15 is 0 Å². The molecule has 0 fully saturated rings. The summed E-state index contributed by atoms with van der Waals surface area (Å²) in [5.41, 5.74) is 2.28. The summed E-state index contributed by atoms with van der Waals surface area (Å²) >= 11 is 0. The molecule has 0 unspecified atom stereocenters. The number of rotatable bonds is 10. The van der Waals surface area contributed by atoms with Gasteiger partial charge in [-0.25, -0.2) is 4.98 Å². The van der Waals surface area contributed by atoms with E-state index in [1.54, 1.807) is 0 Å². The third-order valence-electron chi connectivity index (χ3n) is 4.76. The predicted octanol–water partition coefficient (Wildman–Crippen LogP) is 2.63. The smallest absolute Gasteiger partial charge is 0.190 e. The van der Waals surface area contributed by atoms with Crippen LogP contribution in [0.5, 0.6) is 0 Å². The first-order valence-corrected chi connectivity index (χ1v) is 9.78. The summed E-state index contributed by atoms with van der Waals surface area (Å²) in [5, 5.41) is 6.81. The van der Waals surface area contributed by atoms with Crippen LogP contribution >= 0.6 is 0 Å². The Morgan fingerprint density at radius 3 is 2.50 bits per heavy atom. The van der Waals surface area contributed by atoms with Crippen molar-refractivity contribution in [1.29, 1.82) is 0 Å². The number of nitrogens with one attached hydrogen (secondary N) is 2. The van der Waals surface area contributed by atoms with Crippen molar-refractivity contribution in [1.82, 2.24) is 25.1 Å². The molecule has 1 aromatic carbocycles. The highest BCUT2D eigenvalue weighted by Crippen LogP contribution is 2.15. The molecule has 0 saturated heterocycles. The van der Waals surface area contributed by atoms with Crippen LogP contribution in [0, 0.1) is 6.92 Å². The molecule has 1 aromatic heterocycles. The summed E-state index contributed by atoms with van der Waals surface area (Å²) in [6.45, 7) is 12.7. The molecule has 6 heteroatoms. The van der Waals surface area contributed by atoms with E-state index in [4.69, 9.17) is 0 Å². The predicted molar refractivity (Wildman–Crippen MR) is 111 cm³/mol. The first-order chi connectivity index (χ1) is 12.7. The summed E-state index contributed by atoms with van der Waals surface area (Å²) in [5.74, 6) is 1.96. The Morgan fingerprint density at radius 2 is 1.81 bits per heavy atom. The Kier molecular flexibility index (Phi) is 8.41. The average molecular weight is 359 g/mol. The van der Waals surface area contributed by atoms with Crippen LogP contribution in [0.2, 0.25) is 0 Å². The number of hydrogen-bond donors (Lipinski definition) is 2. The lowest BCUT2D eigenvalue weighted by Gasteiger charge is -2.18. The van der Waals surface area contributed by atoms with Gasteiger partial charge in [0, 0.05) is 26.7 Å². The fourth-order valence-electron chi connectivity index (χ4n) is 3.19. The summed E-state index contributed by atoms with van der Waals surface area (Å²) < 4.78 is 2.29. The van der Waals surface area contributed by atoms with Gasteiger partial charge in [0.25, 0.3) is 0 Å². The average Bonchev–Trinajstić information content (AvgIpc) is 2.98. The minimum Gasteiger partial charge on any atom is -0.356 e. The summed E-state index contributed by atoms with van der Waals surface area (Å²) in [6, 6.07) is 8.32. The molecule has 0 saturated carbocycles. The number of guanidine groups is 1. The van der Waals surface area contributed by atoms with E-state index in [1.165, 1.54) is 5.52 Å². The minimum absolute atomic E-state index is 0.886. The van der Waals surface area contributed by atoms with Gasteiger partial charge in [-0.05, 0) is 51.5 Å². The standard InChI is InChI=1S/C20H34N6/c1-5-25(6-2)15-9-13-22-20(21-4)23-14-10-16-26-17(3)24-18-11-7-8-12-19(18)26/h7-8,11-12H,5-6,9-10,13-16H2,1-4H3,(H2,21,22,23). The highest BCUT2D eigenvalue weighted by atomic mass is 15.2. The van der Waals surface area contributed by atoms with Crippen molar-refractivity contribution < 1.29 is 0 Å². The van der Waals surface area contributed by atoms with Crippen molar-refractivity contribution >= 4 is 17.0 Å². The normalized spacial score (nSPS) is 12.1. The second-order valence-electron chi connectivity index (χ2n) is 6.46. The summed E-state index contributed by atoms with van der Waals surface area (Å²) in [7, 11) is 1.83. The van der Waals surface area contributed by atoms with Gasteiger partial charge in [0.1, 0.15) is 5.82 Å². The van der Waals surface area contributed by atoms with Gasteiger partial charge in [-0.3, -0.25) is 4.99 Å². The van der Waals surface area contributed by atoms with E-state index in [2.05, 4.69) is 69.0 Å². The Morgan fingerprint density at radius 1 is 1.12 bits per heavy atom. The number of hydrogen-bond acceptors (Lipinski definition) is 3. The third-order valence-corrected chi connectivity index (χ3v) is 4.76. The van der Waals surface area contributed by atoms with Gasteiger partial charge < -0.3 is 20.1 Å². The number of nitrogens with zero attached hydrogens (tertiary/aromatic N) is 4. The molecular weight excluding hydrogens is 324 g/mol. The SMILES string of the molecule is CCN(CC)CCCNC(=NC)NCCCn1c(C)nc2ccccc21. The lowest BCUT2D eigenvalue weighted by atomic mass is 10.3. The zero-order valence-electron chi connectivity index (χ0n) is 16.8. The van der Waals surface area contributed by atoms with Crippen molar-refractivity contribution in [2.75, 3.05) is 39.8 Å². The molecule has 2 aromatic rings. The highest BCUT2D eigenvalue weighted by molar-refractivity contribution is 5.79. The summed E-state index contributed by atoms with van der Waals surface area (Å²) in [4.78, 5) is 11.4. The molecule has 144 valence electrons. The molecule has 2 N–H and O–H groups in total. The topological polar surface area (TPSA) is 57.5 Å². The van der Waals surface area contributed by atoms with E-state index in [0.29, 0.717) is 0 Å². The molecule has 0 atom stereocenters. The fourth-order valence-corrected chi connectivity index (χ4v) is 3.19. The van der Waals surface area contributed by atoms with Crippen LogP contribution in [0.3, 0.4) is 0 Å². The van der Waals surface area contributed by atoms with Gasteiger partial charge >= 0.3 is 0 Å². The van der Waals surface area contributed by atoms with Gasteiger partial charge in [-0.1, -0.05) is 26.0 Å². The molecule has 0 bridgehead atoms. The molecule has 0 aliphatic carbocycles. The highest BCUT2D eigenvalue weighted by Gasteiger charge is 2.06. The molecule has 0 amide bonds. The van der Waals surface area contributed by atoms with Gasteiger partial charge in [0.05, 0.1) is 11.0 Å². The second-order valence-corrected chi connectivity index (χ2v) is 6.46. The summed E-state index contributed by atoms with van der Waals surface area (Å²) in [6.07, 6.45) is 2.16. The molecule has 1 heterocycles. The Balaban J connectivity index is 1.70. The molecule has 2 rings (SSSR count). The zero-order chi connectivity index (χ0) is 18.8. The Hall–Kier alpha value is -2.08. The van der Waals surface area contributed by atoms with Gasteiger partial charge in [-0.2, -0.15) is 0 Å². The van der Waals surface area contributed by atoms with Crippen molar-refractivity contribution in [2.45, 2.75) is 40.2 Å². The van der Waals surface area contributed by atoms with Gasteiger partial charge in [0.15, 0.2) is 5.96 Å². The van der Waals surface area contributed by atoms with Gasteiger partial charge in [0.2, 0.25) is 0 Å². The Labute approximate surface area is 157 Å². The van der Waals surface area contributed by atoms with E-state index in [0.717, 1.165) is 69.4 Å². The van der Waals surface area contributed by atoms with Crippen LogP contribution in [-0.2, 0) is 6.54 Å². The van der Waals surface area contributed by atoms with Crippen LogP contribution in [-0.4, -0.2) is 60.2 Å². The molecule has 6 nitrogen and oxygen atoms in total. The zero-order valence-corrected chi connectivity index (χ0v) is 16.8.